The number of benzene rings is 1. The largest absolute Gasteiger partial charge is 0.443 e. The van der Waals surface area contributed by atoms with E-state index < -0.39 is 11.7 Å². The molecule has 0 spiro atoms. The van der Waals surface area contributed by atoms with Crippen molar-refractivity contribution in [2.24, 2.45) is 0 Å². The molecule has 0 aliphatic carbocycles. The van der Waals surface area contributed by atoms with Crippen LogP contribution in [-0.2, 0) is 4.74 Å². The highest BCUT2D eigenvalue weighted by Gasteiger charge is 2.23. The average Bonchev–Trinajstić information content (AvgIpc) is 2.74. The lowest BCUT2D eigenvalue weighted by molar-refractivity contribution is -0.0693. The van der Waals surface area contributed by atoms with Gasteiger partial charge in [0.05, 0.1) is 16.8 Å². The lowest BCUT2D eigenvalue weighted by atomic mass is 10.2. The van der Waals surface area contributed by atoms with Crippen molar-refractivity contribution in [3.63, 3.8) is 0 Å². The predicted octanol–water partition coefficient (Wildman–Crippen LogP) is 4.81. The lowest BCUT2D eigenvalue weighted by Crippen LogP contribution is -2.38. The first kappa shape index (κ1) is 16.8. The smallest absolute Gasteiger partial charge is 0.442 e. The SMILES string of the molecule is CCN(Oc1cc(C)c2nc(Cl)sc2c1)C(=O)OC(C)(C)C. The van der Waals surface area contributed by atoms with E-state index in [1.54, 1.807) is 0 Å². The van der Waals surface area contributed by atoms with Crippen LogP contribution < -0.4 is 4.84 Å². The molecule has 0 bridgehead atoms. The topological polar surface area (TPSA) is 51.7 Å². The van der Waals surface area contributed by atoms with E-state index in [4.69, 9.17) is 21.2 Å². The number of carbonyl (C=O) groups excluding carboxylic acids is 1. The third-order valence-corrected chi connectivity index (χ3v) is 3.84. The molecular weight excluding hydrogens is 324 g/mol. The summed E-state index contributed by atoms with van der Waals surface area (Å²) in [6, 6.07) is 3.64. The van der Waals surface area contributed by atoms with Gasteiger partial charge in [-0.3, -0.25) is 0 Å². The molecule has 1 heterocycles. The van der Waals surface area contributed by atoms with Crippen molar-refractivity contribution in [2.45, 2.75) is 40.2 Å². The minimum absolute atomic E-state index is 0.370. The maximum Gasteiger partial charge on any atom is 0.443 e. The number of ether oxygens (including phenoxy) is 1. The fourth-order valence-electron chi connectivity index (χ4n) is 1.86. The van der Waals surface area contributed by atoms with Crippen LogP contribution in [0.2, 0.25) is 4.47 Å². The molecule has 0 radical (unpaired) electrons. The van der Waals surface area contributed by atoms with E-state index in [0.29, 0.717) is 16.8 Å². The number of hydrogen-bond acceptors (Lipinski definition) is 5. The standard InChI is InChI=1S/C15H19ClN2O3S/c1-6-18(14(19)20-15(3,4)5)21-10-7-9(2)12-11(8-10)22-13(16)17-12/h7-8H,6H2,1-5H3. The fourth-order valence-corrected chi connectivity index (χ4v) is 2.99. The summed E-state index contributed by atoms with van der Waals surface area (Å²) in [5, 5.41) is 1.19. The summed E-state index contributed by atoms with van der Waals surface area (Å²) in [6.45, 7) is 9.56. The molecule has 0 aliphatic heterocycles. The Morgan fingerprint density at radius 2 is 2.09 bits per heavy atom. The molecule has 0 N–H and O–H groups in total. The first-order valence-corrected chi connectivity index (χ1v) is 8.14. The highest BCUT2D eigenvalue weighted by atomic mass is 35.5. The molecule has 0 aliphatic rings. The highest BCUT2D eigenvalue weighted by Crippen LogP contribution is 2.32. The van der Waals surface area contributed by atoms with Crippen LogP contribution in [0.3, 0.4) is 0 Å². The van der Waals surface area contributed by atoms with Crippen LogP contribution in [0.4, 0.5) is 4.79 Å². The van der Waals surface area contributed by atoms with Crippen molar-refractivity contribution in [3.8, 4) is 5.75 Å². The van der Waals surface area contributed by atoms with Gasteiger partial charge in [-0.2, -0.15) is 0 Å². The van der Waals surface area contributed by atoms with Gasteiger partial charge in [0.15, 0.2) is 10.2 Å². The van der Waals surface area contributed by atoms with E-state index in [1.165, 1.54) is 16.4 Å². The van der Waals surface area contributed by atoms with Crippen LogP contribution in [0.5, 0.6) is 5.75 Å². The molecule has 1 amide bonds. The number of hydroxylamine groups is 2. The van der Waals surface area contributed by atoms with Crippen molar-refractivity contribution in [2.75, 3.05) is 6.54 Å². The zero-order valence-electron chi connectivity index (χ0n) is 13.3. The predicted molar refractivity (Wildman–Crippen MR) is 88.6 cm³/mol. The molecular formula is C15H19ClN2O3S. The zero-order valence-corrected chi connectivity index (χ0v) is 14.8. The molecule has 22 heavy (non-hydrogen) atoms. The van der Waals surface area contributed by atoms with Gasteiger partial charge in [-0.25, -0.2) is 9.78 Å². The quantitative estimate of drug-likeness (QED) is 0.751. The molecule has 0 unspecified atom stereocenters. The van der Waals surface area contributed by atoms with E-state index in [-0.39, 0.29) is 0 Å². The van der Waals surface area contributed by atoms with Crippen LogP contribution in [0.15, 0.2) is 12.1 Å². The normalized spacial score (nSPS) is 11.5. The van der Waals surface area contributed by atoms with Gasteiger partial charge in [-0.1, -0.05) is 11.6 Å². The highest BCUT2D eigenvalue weighted by molar-refractivity contribution is 7.22. The lowest BCUT2D eigenvalue weighted by Gasteiger charge is -2.26. The van der Waals surface area contributed by atoms with E-state index in [1.807, 2.05) is 46.8 Å². The summed E-state index contributed by atoms with van der Waals surface area (Å²) >= 11 is 7.32. The van der Waals surface area contributed by atoms with E-state index >= 15 is 0 Å². The summed E-state index contributed by atoms with van der Waals surface area (Å²) in [6.07, 6.45) is -0.518. The Balaban J connectivity index is 2.22. The van der Waals surface area contributed by atoms with Gasteiger partial charge in [0.25, 0.3) is 0 Å². The van der Waals surface area contributed by atoms with Crippen LogP contribution in [-0.4, -0.2) is 28.3 Å². The van der Waals surface area contributed by atoms with Gasteiger partial charge < -0.3 is 9.57 Å². The molecule has 1 aromatic heterocycles. The molecule has 0 saturated heterocycles. The average molecular weight is 343 g/mol. The maximum atomic E-state index is 12.1. The summed E-state index contributed by atoms with van der Waals surface area (Å²) in [5.41, 5.74) is 1.22. The molecule has 0 atom stereocenters. The van der Waals surface area contributed by atoms with Gasteiger partial charge in [0.1, 0.15) is 5.60 Å². The Hall–Kier alpha value is -1.53. The Morgan fingerprint density at radius 1 is 1.41 bits per heavy atom. The van der Waals surface area contributed by atoms with Crippen molar-refractivity contribution in [1.29, 1.82) is 0 Å². The minimum Gasteiger partial charge on any atom is -0.442 e. The Bertz CT molecular complexity index is 694. The molecule has 7 heteroatoms. The molecule has 2 rings (SSSR count). The van der Waals surface area contributed by atoms with Crippen LogP contribution in [0.25, 0.3) is 10.2 Å². The number of aromatic nitrogens is 1. The molecule has 2 aromatic rings. The summed E-state index contributed by atoms with van der Waals surface area (Å²) in [7, 11) is 0. The van der Waals surface area contributed by atoms with E-state index in [9.17, 15) is 4.79 Å². The monoisotopic (exact) mass is 342 g/mol. The van der Waals surface area contributed by atoms with E-state index in [0.717, 1.165) is 15.8 Å². The number of halogens is 1. The molecule has 5 nitrogen and oxygen atoms in total. The van der Waals surface area contributed by atoms with Gasteiger partial charge >= 0.3 is 6.09 Å². The maximum absolute atomic E-state index is 12.1. The number of fused-ring (bicyclic) bond motifs is 1. The number of nitrogens with zero attached hydrogens (tertiary/aromatic N) is 2. The Labute approximate surface area is 138 Å². The molecule has 120 valence electrons. The van der Waals surface area contributed by atoms with Crippen LogP contribution >= 0.6 is 22.9 Å². The number of carbonyl (C=O) groups is 1. The second-order valence-corrected chi connectivity index (χ2v) is 7.43. The zero-order chi connectivity index (χ0) is 16.5. The number of amides is 1. The van der Waals surface area contributed by atoms with Crippen molar-refractivity contribution < 1.29 is 14.4 Å². The minimum atomic E-state index is -0.571. The van der Waals surface area contributed by atoms with Gasteiger partial charge in [0, 0.05) is 6.07 Å². The number of hydrogen-bond donors (Lipinski definition) is 0. The summed E-state index contributed by atoms with van der Waals surface area (Å²) in [5.74, 6) is 0.554. The van der Waals surface area contributed by atoms with Gasteiger partial charge in [0.2, 0.25) is 0 Å². The first-order chi connectivity index (χ1) is 10.2. The summed E-state index contributed by atoms with van der Waals surface area (Å²) < 4.78 is 6.71. The second-order valence-electron chi connectivity index (χ2n) is 5.82. The fraction of sp³-hybridized carbons (Fsp3) is 0.467. The third kappa shape index (κ3) is 4.01. The van der Waals surface area contributed by atoms with Crippen LogP contribution in [0, 0.1) is 6.92 Å². The molecule has 1 aromatic carbocycles. The molecule has 0 saturated carbocycles. The number of thiazole rings is 1. The Kier molecular flexibility index (Phi) is 4.82. The van der Waals surface area contributed by atoms with Crippen LogP contribution in [0.1, 0.15) is 33.3 Å². The first-order valence-electron chi connectivity index (χ1n) is 6.95. The van der Waals surface area contributed by atoms with Crippen molar-refractivity contribution in [3.05, 3.63) is 22.2 Å². The number of rotatable bonds is 3. The van der Waals surface area contributed by atoms with E-state index in [2.05, 4.69) is 4.98 Å². The van der Waals surface area contributed by atoms with Crippen molar-refractivity contribution >= 4 is 39.2 Å². The second kappa shape index (κ2) is 6.30. The number of aryl methyl sites for hydroxylation is 1. The van der Waals surface area contributed by atoms with Crippen molar-refractivity contribution in [1.82, 2.24) is 10.0 Å². The molecule has 0 fully saturated rings. The van der Waals surface area contributed by atoms with Gasteiger partial charge in [-0.15, -0.1) is 16.4 Å². The Morgan fingerprint density at radius 3 is 2.68 bits per heavy atom. The third-order valence-electron chi connectivity index (χ3n) is 2.73. The summed E-state index contributed by atoms with van der Waals surface area (Å²) in [4.78, 5) is 22.0. The van der Waals surface area contributed by atoms with Gasteiger partial charge in [-0.05, 0) is 46.2 Å².